The summed E-state index contributed by atoms with van der Waals surface area (Å²) in [5.41, 5.74) is 7.29. The van der Waals surface area contributed by atoms with E-state index in [9.17, 15) is 14.7 Å². The molecule has 0 radical (unpaired) electrons. The molecule has 0 aliphatic carbocycles. The summed E-state index contributed by atoms with van der Waals surface area (Å²) in [7, 11) is 1.58. The van der Waals surface area contributed by atoms with Gasteiger partial charge in [-0.1, -0.05) is 18.2 Å². The van der Waals surface area contributed by atoms with Crippen LogP contribution in [0.3, 0.4) is 0 Å². The van der Waals surface area contributed by atoms with Crippen molar-refractivity contribution in [2.45, 2.75) is 32.9 Å². The van der Waals surface area contributed by atoms with Crippen LogP contribution in [-0.2, 0) is 6.54 Å². The number of nitrogens with one attached hydrogen (secondary N) is 1. The van der Waals surface area contributed by atoms with Gasteiger partial charge >= 0.3 is 0 Å². The van der Waals surface area contributed by atoms with Crippen LogP contribution in [0.25, 0.3) is 27.7 Å². The smallest absolute Gasteiger partial charge is 0.284 e. The fourth-order valence-electron chi connectivity index (χ4n) is 4.87. The number of halogens is 1. The molecule has 0 atom stereocenters. The van der Waals surface area contributed by atoms with Crippen LogP contribution in [0.4, 0.5) is 15.8 Å². The van der Waals surface area contributed by atoms with E-state index in [1.807, 2.05) is 18.2 Å². The van der Waals surface area contributed by atoms with E-state index < -0.39 is 22.9 Å². The van der Waals surface area contributed by atoms with Gasteiger partial charge in [0.25, 0.3) is 11.5 Å². The lowest BCUT2D eigenvalue weighted by Gasteiger charge is -2.22. The monoisotopic (exact) mass is 555 g/mol. The third-order valence-corrected chi connectivity index (χ3v) is 6.79. The Labute approximate surface area is 235 Å². The van der Waals surface area contributed by atoms with Gasteiger partial charge in [-0.2, -0.15) is 0 Å². The minimum Gasteiger partial charge on any atom is -0.497 e. The Balaban J connectivity index is 1.51. The van der Waals surface area contributed by atoms with Crippen LogP contribution in [0, 0.1) is 12.7 Å². The van der Waals surface area contributed by atoms with Gasteiger partial charge in [-0.3, -0.25) is 19.3 Å². The molecule has 5 aromatic rings. The first-order valence-corrected chi connectivity index (χ1v) is 12.9. The maximum Gasteiger partial charge on any atom is 0.284 e. The van der Waals surface area contributed by atoms with Crippen molar-refractivity contribution in [2.24, 2.45) is 5.73 Å². The zero-order valence-electron chi connectivity index (χ0n) is 23.1. The Hall–Kier alpha value is -4.96. The molecular weight excluding hydrogens is 525 g/mol. The molecule has 10 heteroatoms. The second-order valence-corrected chi connectivity index (χ2v) is 10.4. The van der Waals surface area contributed by atoms with Gasteiger partial charge in [-0.05, 0) is 74.4 Å². The number of nitrogens with zero attached hydrogens (tertiary/aromatic N) is 3. The number of benzene rings is 3. The SMILES string of the molecule is COc1ccc2c(Nc3ccc(-c4cccc(-n5c(=O)c(C(N)=O)c(C)n5CC(C)(C)O)c4)cc3F)ccnc2c1. The molecule has 0 aliphatic rings. The minimum atomic E-state index is -1.18. The number of carbonyl (C=O) groups excluding carboxylic acids is 1. The van der Waals surface area contributed by atoms with Crippen LogP contribution in [0.15, 0.2) is 77.7 Å². The summed E-state index contributed by atoms with van der Waals surface area (Å²) < 4.78 is 23.5. The lowest BCUT2D eigenvalue weighted by atomic mass is 10.0. The molecule has 0 fully saturated rings. The van der Waals surface area contributed by atoms with Crippen LogP contribution in [0.2, 0.25) is 0 Å². The first-order chi connectivity index (χ1) is 19.5. The second-order valence-electron chi connectivity index (χ2n) is 10.4. The standard InChI is InChI=1S/C31H30FN5O4/c1-18-28(29(33)38)30(39)37(36(18)17-31(2,3)40)21-7-5-6-19(14-21)20-8-11-26(24(32)15-20)35-25-12-13-34-27-16-22(41-4)9-10-23(25)27/h5-16,40H,17H2,1-4H3,(H2,33,38)(H,34,35). The van der Waals surface area contributed by atoms with E-state index in [4.69, 9.17) is 10.5 Å². The fraction of sp³-hybridized carbons (Fsp3) is 0.194. The number of fused-ring (bicyclic) bond motifs is 1. The van der Waals surface area contributed by atoms with Gasteiger partial charge in [-0.15, -0.1) is 0 Å². The van der Waals surface area contributed by atoms with Crippen LogP contribution in [-0.4, -0.2) is 38.1 Å². The number of anilines is 2. The van der Waals surface area contributed by atoms with E-state index in [-0.39, 0.29) is 17.8 Å². The molecule has 0 aliphatic heterocycles. The van der Waals surface area contributed by atoms with Gasteiger partial charge in [0.1, 0.15) is 17.1 Å². The number of hydrogen-bond donors (Lipinski definition) is 3. The average molecular weight is 556 g/mol. The summed E-state index contributed by atoms with van der Waals surface area (Å²) in [5, 5.41) is 14.4. The molecule has 0 saturated heterocycles. The molecule has 0 spiro atoms. The molecule has 1 amide bonds. The first kappa shape index (κ1) is 27.6. The Morgan fingerprint density at radius 2 is 1.83 bits per heavy atom. The Morgan fingerprint density at radius 3 is 2.51 bits per heavy atom. The molecule has 5 rings (SSSR count). The van der Waals surface area contributed by atoms with E-state index in [2.05, 4.69) is 10.3 Å². The molecule has 0 unspecified atom stereocenters. The fourth-order valence-corrected chi connectivity index (χ4v) is 4.87. The van der Waals surface area contributed by atoms with Gasteiger partial charge in [0.15, 0.2) is 0 Å². The van der Waals surface area contributed by atoms with Crippen molar-refractivity contribution >= 4 is 28.2 Å². The van der Waals surface area contributed by atoms with E-state index in [0.29, 0.717) is 39.5 Å². The summed E-state index contributed by atoms with van der Waals surface area (Å²) >= 11 is 0. The molecule has 0 saturated carbocycles. The number of nitrogens with two attached hydrogens (primary N) is 1. The summed E-state index contributed by atoms with van der Waals surface area (Å²) in [6.07, 6.45) is 1.64. The van der Waals surface area contributed by atoms with E-state index in [1.54, 1.807) is 76.5 Å². The van der Waals surface area contributed by atoms with Crippen molar-refractivity contribution in [1.29, 1.82) is 0 Å². The number of pyridine rings is 1. The van der Waals surface area contributed by atoms with E-state index in [0.717, 1.165) is 5.39 Å². The number of ether oxygens (including phenoxy) is 1. The Bertz CT molecular complexity index is 1850. The van der Waals surface area contributed by atoms with Gasteiger partial charge in [-0.25, -0.2) is 9.07 Å². The summed E-state index contributed by atoms with van der Waals surface area (Å²) in [4.78, 5) is 29.7. The van der Waals surface area contributed by atoms with Gasteiger partial charge in [0, 0.05) is 23.3 Å². The van der Waals surface area contributed by atoms with Crippen LogP contribution in [0.1, 0.15) is 29.9 Å². The highest BCUT2D eigenvalue weighted by Crippen LogP contribution is 2.31. The third kappa shape index (κ3) is 5.42. The molecule has 4 N–H and O–H groups in total. The largest absolute Gasteiger partial charge is 0.497 e. The van der Waals surface area contributed by atoms with Gasteiger partial charge in [0.2, 0.25) is 0 Å². The summed E-state index contributed by atoms with van der Waals surface area (Å²) in [6, 6.07) is 19.0. The number of aliphatic hydroxyl groups is 1. The molecule has 3 aromatic carbocycles. The summed E-state index contributed by atoms with van der Waals surface area (Å²) in [5.74, 6) is -0.644. The van der Waals surface area contributed by atoms with Crippen molar-refractivity contribution in [3.8, 4) is 22.6 Å². The number of amides is 1. The number of hydrogen-bond acceptors (Lipinski definition) is 6. The maximum absolute atomic E-state index is 15.4. The van der Waals surface area contributed by atoms with Crippen molar-refractivity contribution < 1.29 is 19.0 Å². The molecule has 2 heterocycles. The van der Waals surface area contributed by atoms with Crippen molar-refractivity contribution in [2.75, 3.05) is 12.4 Å². The molecular formula is C31H30FN5O4. The van der Waals surface area contributed by atoms with Gasteiger partial charge in [0.05, 0.1) is 41.8 Å². The average Bonchev–Trinajstić information content (AvgIpc) is 3.17. The molecule has 2 aromatic heterocycles. The summed E-state index contributed by atoms with van der Waals surface area (Å²) in [6.45, 7) is 4.85. The van der Waals surface area contributed by atoms with Crippen LogP contribution >= 0.6 is 0 Å². The highest BCUT2D eigenvalue weighted by molar-refractivity contribution is 5.94. The van der Waals surface area contributed by atoms with E-state index >= 15 is 4.39 Å². The number of rotatable bonds is 8. The second kappa shape index (κ2) is 10.5. The van der Waals surface area contributed by atoms with Crippen molar-refractivity contribution in [1.82, 2.24) is 14.3 Å². The van der Waals surface area contributed by atoms with Crippen molar-refractivity contribution in [3.05, 3.63) is 100 Å². The third-order valence-electron chi connectivity index (χ3n) is 6.79. The minimum absolute atomic E-state index is 0.0387. The quantitative estimate of drug-likeness (QED) is 0.250. The van der Waals surface area contributed by atoms with Crippen LogP contribution < -0.4 is 21.3 Å². The highest BCUT2D eigenvalue weighted by atomic mass is 19.1. The number of methoxy groups -OCH3 is 1. The highest BCUT2D eigenvalue weighted by Gasteiger charge is 2.25. The predicted molar refractivity (Wildman–Crippen MR) is 157 cm³/mol. The maximum atomic E-state index is 15.4. The zero-order valence-corrected chi connectivity index (χ0v) is 23.1. The Morgan fingerprint density at radius 1 is 1.07 bits per heavy atom. The number of aromatic nitrogens is 3. The molecule has 9 nitrogen and oxygen atoms in total. The number of carbonyl (C=O) groups is 1. The lowest BCUT2D eigenvalue weighted by Crippen LogP contribution is -2.32. The van der Waals surface area contributed by atoms with Crippen LogP contribution in [0.5, 0.6) is 5.75 Å². The lowest BCUT2D eigenvalue weighted by molar-refractivity contribution is 0.0546. The van der Waals surface area contributed by atoms with E-state index in [1.165, 1.54) is 15.4 Å². The molecule has 41 heavy (non-hydrogen) atoms. The molecule has 0 bridgehead atoms. The van der Waals surface area contributed by atoms with Gasteiger partial charge < -0.3 is 20.9 Å². The van der Waals surface area contributed by atoms with Crippen molar-refractivity contribution in [3.63, 3.8) is 0 Å². The zero-order chi connectivity index (χ0) is 29.5. The predicted octanol–water partition coefficient (Wildman–Crippen LogP) is 4.92. The normalized spacial score (nSPS) is 11.6. The number of primary amides is 1. The first-order valence-electron chi connectivity index (χ1n) is 12.9. The molecule has 210 valence electrons. The topological polar surface area (TPSA) is 124 Å². The Kier molecular flexibility index (Phi) is 7.10.